The van der Waals surface area contributed by atoms with Gasteiger partial charge in [-0.1, -0.05) is 27.7 Å². The molecule has 0 aromatic carbocycles. The third-order valence-corrected chi connectivity index (χ3v) is 8.69. The van der Waals surface area contributed by atoms with Gasteiger partial charge in [0.05, 0.1) is 0 Å². The van der Waals surface area contributed by atoms with Crippen molar-refractivity contribution in [2.45, 2.75) is 79.1 Å². The Labute approximate surface area is 130 Å². The second-order valence-electron chi connectivity index (χ2n) is 9.92. The molecule has 4 rings (SSSR count). The number of rotatable bonds is 0. The molecule has 4 aliphatic rings. The van der Waals surface area contributed by atoms with E-state index in [4.69, 9.17) is 0 Å². The van der Waals surface area contributed by atoms with Crippen molar-refractivity contribution in [3.05, 3.63) is 0 Å². The summed E-state index contributed by atoms with van der Waals surface area (Å²) in [5.74, 6) is 3.82. The number of fused-ring (bicyclic) bond motifs is 3. The lowest BCUT2D eigenvalue weighted by molar-refractivity contribution is -0.170. The molecular weight excluding hydrogens is 256 g/mol. The summed E-state index contributed by atoms with van der Waals surface area (Å²) in [6, 6.07) is 0. The van der Waals surface area contributed by atoms with Crippen LogP contribution in [0.15, 0.2) is 0 Å². The molecule has 6 atom stereocenters. The van der Waals surface area contributed by atoms with Crippen LogP contribution in [0, 0.1) is 39.9 Å². The summed E-state index contributed by atoms with van der Waals surface area (Å²) >= 11 is 0. The van der Waals surface area contributed by atoms with E-state index in [1.54, 1.807) is 0 Å². The van der Waals surface area contributed by atoms with E-state index in [1.165, 1.54) is 38.5 Å². The first-order valence-electron chi connectivity index (χ1n) is 9.33. The third-order valence-electron chi connectivity index (χ3n) is 8.69. The molecule has 0 N–H and O–H groups in total. The van der Waals surface area contributed by atoms with Gasteiger partial charge in [-0.05, 0) is 79.4 Å². The molecule has 1 nitrogen and oxygen atoms in total. The van der Waals surface area contributed by atoms with Gasteiger partial charge in [-0.2, -0.15) is 0 Å². The van der Waals surface area contributed by atoms with Crippen LogP contribution >= 0.6 is 0 Å². The third kappa shape index (κ3) is 1.67. The molecule has 0 amide bonds. The Morgan fingerprint density at radius 2 is 1.71 bits per heavy atom. The second-order valence-corrected chi connectivity index (χ2v) is 9.92. The Morgan fingerprint density at radius 3 is 2.48 bits per heavy atom. The van der Waals surface area contributed by atoms with Gasteiger partial charge in [0.25, 0.3) is 0 Å². The van der Waals surface area contributed by atoms with E-state index in [1.807, 2.05) is 0 Å². The minimum atomic E-state index is -0.00493. The van der Waals surface area contributed by atoms with Crippen LogP contribution in [0.2, 0.25) is 0 Å². The van der Waals surface area contributed by atoms with Crippen molar-refractivity contribution >= 4 is 5.78 Å². The molecule has 1 heteroatoms. The van der Waals surface area contributed by atoms with Crippen LogP contribution in [-0.2, 0) is 4.79 Å². The quantitative estimate of drug-likeness (QED) is 0.596. The number of hydrogen-bond acceptors (Lipinski definition) is 1. The molecule has 1 spiro atoms. The zero-order valence-electron chi connectivity index (χ0n) is 14.4. The predicted octanol–water partition coefficient (Wildman–Crippen LogP) is 5.23. The zero-order valence-corrected chi connectivity index (χ0v) is 14.4. The summed E-state index contributed by atoms with van der Waals surface area (Å²) in [6.45, 7) is 9.73. The van der Waals surface area contributed by atoms with Gasteiger partial charge in [-0.3, -0.25) is 4.79 Å². The molecule has 0 unspecified atom stereocenters. The fourth-order valence-electron chi connectivity index (χ4n) is 7.73. The molecule has 4 saturated carbocycles. The van der Waals surface area contributed by atoms with Gasteiger partial charge < -0.3 is 0 Å². The van der Waals surface area contributed by atoms with Crippen molar-refractivity contribution in [1.82, 2.24) is 0 Å². The van der Waals surface area contributed by atoms with Crippen molar-refractivity contribution in [2.75, 3.05) is 0 Å². The van der Waals surface area contributed by atoms with Crippen LogP contribution in [0.3, 0.4) is 0 Å². The lowest BCUT2D eigenvalue weighted by atomic mass is 9.41. The van der Waals surface area contributed by atoms with Crippen LogP contribution in [0.25, 0.3) is 0 Å². The molecule has 4 fully saturated rings. The topological polar surface area (TPSA) is 17.1 Å². The van der Waals surface area contributed by atoms with Gasteiger partial charge in [0.15, 0.2) is 0 Å². The number of ketones is 1. The van der Waals surface area contributed by atoms with Crippen LogP contribution in [0.4, 0.5) is 0 Å². The van der Waals surface area contributed by atoms with Crippen LogP contribution in [0.1, 0.15) is 79.1 Å². The summed E-state index contributed by atoms with van der Waals surface area (Å²) < 4.78 is 0. The lowest BCUT2D eigenvalue weighted by Gasteiger charge is -2.62. The van der Waals surface area contributed by atoms with Gasteiger partial charge in [-0.15, -0.1) is 0 Å². The highest BCUT2D eigenvalue weighted by Gasteiger charge is 2.65. The molecule has 0 radical (unpaired) electrons. The molecule has 0 aromatic heterocycles. The Kier molecular flexibility index (Phi) is 2.82. The fraction of sp³-hybridized carbons (Fsp3) is 0.950. The molecule has 118 valence electrons. The molecular formula is C20H32O. The second kappa shape index (κ2) is 4.15. The minimum Gasteiger partial charge on any atom is -0.299 e. The maximum atomic E-state index is 13.0. The first-order chi connectivity index (χ1) is 9.80. The van der Waals surface area contributed by atoms with Crippen molar-refractivity contribution in [3.8, 4) is 0 Å². The molecule has 0 heterocycles. The van der Waals surface area contributed by atoms with Gasteiger partial charge in [-0.25, -0.2) is 0 Å². The predicted molar refractivity (Wildman–Crippen MR) is 85.9 cm³/mol. The van der Waals surface area contributed by atoms with Gasteiger partial charge in [0.1, 0.15) is 5.78 Å². The summed E-state index contributed by atoms with van der Waals surface area (Å²) in [5.41, 5.74) is 0.900. The van der Waals surface area contributed by atoms with Gasteiger partial charge >= 0.3 is 0 Å². The van der Waals surface area contributed by atoms with Crippen molar-refractivity contribution in [2.24, 2.45) is 39.9 Å². The highest BCUT2D eigenvalue weighted by Crippen LogP contribution is 2.71. The Hall–Kier alpha value is -0.330. The van der Waals surface area contributed by atoms with Crippen LogP contribution in [0.5, 0.6) is 0 Å². The Bertz CT molecular complexity index is 474. The fourth-order valence-corrected chi connectivity index (χ4v) is 7.73. The van der Waals surface area contributed by atoms with Crippen LogP contribution in [-0.4, -0.2) is 5.78 Å². The van der Waals surface area contributed by atoms with E-state index >= 15 is 0 Å². The number of carbonyl (C=O) groups excluding carboxylic acids is 1. The summed E-state index contributed by atoms with van der Waals surface area (Å²) in [6.07, 6.45) is 10.3. The summed E-state index contributed by atoms with van der Waals surface area (Å²) in [5, 5.41) is 0. The zero-order chi connectivity index (χ0) is 15.0. The first kappa shape index (κ1) is 14.3. The van der Waals surface area contributed by atoms with E-state index in [0.717, 1.165) is 24.7 Å². The normalized spacial score (nSPS) is 55.0. The highest BCUT2D eigenvalue weighted by molar-refractivity contribution is 5.86. The van der Waals surface area contributed by atoms with E-state index in [2.05, 4.69) is 27.7 Å². The highest BCUT2D eigenvalue weighted by atomic mass is 16.1. The molecule has 0 aliphatic heterocycles. The van der Waals surface area contributed by atoms with Gasteiger partial charge in [0, 0.05) is 11.8 Å². The monoisotopic (exact) mass is 288 g/mol. The maximum absolute atomic E-state index is 13.0. The van der Waals surface area contributed by atoms with Crippen molar-refractivity contribution in [1.29, 1.82) is 0 Å². The molecule has 2 bridgehead atoms. The molecule has 0 aromatic rings. The van der Waals surface area contributed by atoms with E-state index in [0.29, 0.717) is 28.4 Å². The van der Waals surface area contributed by atoms with Crippen molar-refractivity contribution in [3.63, 3.8) is 0 Å². The van der Waals surface area contributed by atoms with Crippen molar-refractivity contribution < 1.29 is 4.79 Å². The Balaban J connectivity index is 1.78. The summed E-state index contributed by atoms with van der Waals surface area (Å²) in [7, 11) is 0. The lowest BCUT2D eigenvalue weighted by Crippen LogP contribution is -2.59. The summed E-state index contributed by atoms with van der Waals surface area (Å²) in [4.78, 5) is 13.0. The van der Waals surface area contributed by atoms with Crippen LogP contribution < -0.4 is 0 Å². The van der Waals surface area contributed by atoms with E-state index < -0.39 is 0 Å². The number of carbonyl (C=O) groups is 1. The molecule has 0 saturated heterocycles. The number of hydrogen-bond donors (Lipinski definition) is 0. The maximum Gasteiger partial charge on any atom is 0.139 e. The Morgan fingerprint density at radius 1 is 0.952 bits per heavy atom. The molecule has 21 heavy (non-hydrogen) atoms. The SMILES string of the molecule is C[C@@H]1C[C@]23CC[C@H]4C(C)(C)CCC(=O)[C@]4(C)[C@H]2CC[C@H]1C3. The first-order valence-corrected chi connectivity index (χ1v) is 9.33. The molecule has 4 aliphatic carbocycles. The standard InChI is InChI=1S/C20H32O/c1-13-11-20-10-7-15-18(2,3)9-8-17(21)19(15,4)16(20)6-5-14(13)12-20/h13-16H,5-12H2,1-4H3/t13-,14+,15+,16-,19+,20+/m1/s1. The van der Waals surface area contributed by atoms with E-state index in [9.17, 15) is 4.79 Å². The largest absolute Gasteiger partial charge is 0.299 e. The number of Topliss-reactive ketones (excluding diaryl/α,β-unsaturated/α-hetero) is 1. The average Bonchev–Trinajstić information content (AvgIpc) is 2.65. The smallest absolute Gasteiger partial charge is 0.139 e. The van der Waals surface area contributed by atoms with E-state index in [-0.39, 0.29) is 5.41 Å². The van der Waals surface area contributed by atoms with Gasteiger partial charge in [0.2, 0.25) is 0 Å². The minimum absolute atomic E-state index is 0.00493. The average molecular weight is 288 g/mol.